The smallest absolute Gasteiger partial charge is 0.251 e. The van der Waals surface area contributed by atoms with E-state index in [1.54, 1.807) is 55.0 Å². The zero-order valence-corrected chi connectivity index (χ0v) is 14.9. The van der Waals surface area contributed by atoms with Crippen LogP contribution in [0.1, 0.15) is 30.5 Å². The van der Waals surface area contributed by atoms with Crippen LogP contribution in [0.25, 0.3) is 0 Å². The van der Waals surface area contributed by atoms with Gasteiger partial charge in [0.15, 0.2) is 0 Å². The summed E-state index contributed by atoms with van der Waals surface area (Å²) in [5.41, 5.74) is 1.49. The van der Waals surface area contributed by atoms with E-state index in [4.69, 9.17) is 4.74 Å². The molecule has 0 spiro atoms. The van der Waals surface area contributed by atoms with Gasteiger partial charge in [-0.3, -0.25) is 9.48 Å². The number of carbonyl (C=O) groups excluding carboxylic acids is 1. The molecule has 1 aromatic heterocycles. The first-order valence-electron chi connectivity index (χ1n) is 8.17. The monoisotopic (exact) mass is 345 g/mol. The van der Waals surface area contributed by atoms with Gasteiger partial charge in [-0.15, -0.1) is 6.58 Å². The summed E-state index contributed by atoms with van der Waals surface area (Å²) in [5.74, 6) is -0.523. The van der Waals surface area contributed by atoms with Crippen molar-refractivity contribution in [2.24, 2.45) is 7.05 Å². The van der Waals surface area contributed by atoms with Gasteiger partial charge in [0.1, 0.15) is 11.9 Å². The number of hydrogen-bond acceptors (Lipinski definition) is 3. The Morgan fingerprint density at radius 3 is 2.84 bits per heavy atom. The summed E-state index contributed by atoms with van der Waals surface area (Å²) in [4.78, 5) is 14.3. The van der Waals surface area contributed by atoms with E-state index in [2.05, 4.69) is 11.7 Å². The molecule has 2 rings (SSSR count). The summed E-state index contributed by atoms with van der Waals surface area (Å²) in [5, 5.41) is 4.18. The molecule has 0 aliphatic heterocycles. The third-order valence-corrected chi connectivity index (χ3v) is 3.98. The van der Waals surface area contributed by atoms with Crippen LogP contribution in [0.4, 0.5) is 4.39 Å². The number of rotatable bonds is 8. The van der Waals surface area contributed by atoms with E-state index < -0.39 is 12.1 Å². The molecule has 2 atom stereocenters. The van der Waals surface area contributed by atoms with Gasteiger partial charge in [-0.2, -0.15) is 5.10 Å². The molecule has 6 heteroatoms. The summed E-state index contributed by atoms with van der Waals surface area (Å²) in [6, 6.07) is 5.81. The second-order valence-electron chi connectivity index (χ2n) is 5.94. The Morgan fingerprint density at radius 1 is 1.48 bits per heavy atom. The highest BCUT2D eigenvalue weighted by atomic mass is 19.1. The number of likely N-dealkylation sites (N-methyl/N-ethyl adjacent to an activating group) is 1. The SMILES string of the molecule is C=CCCO[C@@H](C)C(=O)N(C)[C@H](c1cccc(F)c1)c1cnn(C)c1. The summed E-state index contributed by atoms with van der Waals surface area (Å²) in [6.07, 6.45) is 5.33. The Balaban J connectivity index is 2.28. The topological polar surface area (TPSA) is 47.4 Å². The average Bonchev–Trinajstić information content (AvgIpc) is 3.00. The molecule has 25 heavy (non-hydrogen) atoms. The quantitative estimate of drug-likeness (QED) is 0.546. The Bertz CT molecular complexity index is 729. The van der Waals surface area contributed by atoms with Gasteiger partial charge < -0.3 is 9.64 Å². The number of amides is 1. The van der Waals surface area contributed by atoms with Crippen LogP contribution in [0, 0.1) is 5.82 Å². The third kappa shape index (κ3) is 4.76. The highest BCUT2D eigenvalue weighted by Crippen LogP contribution is 2.28. The molecule has 0 N–H and O–H groups in total. The highest BCUT2D eigenvalue weighted by molar-refractivity contribution is 5.81. The van der Waals surface area contributed by atoms with Gasteiger partial charge in [0, 0.05) is 25.9 Å². The maximum absolute atomic E-state index is 13.7. The van der Waals surface area contributed by atoms with E-state index in [0.717, 1.165) is 5.56 Å². The minimum Gasteiger partial charge on any atom is -0.368 e. The second kappa shape index (κ2) is 8.58. The lowest BCUT2D eigenvalue weighted by Gasteiger charge is -2.30. The number of hydrogen-bond donors (Lipinski definition) is 0. The van der Waals surface area contributed by atoms with E-state index in [-0.39, 0.29) is 11.7 Å². The van der Waals surface area contributed by atoms with Crippen molar-refractivity contribution in [1.82, 2.24) is 14.7 Å². The summed E-state index contributed by atoms with van der Waals surface area (Å²) in [7, 11) is 3.49. The molecular formula is C19H24FN3O2. The first kappa shape index (κ1) is 18.9. The zero-order valence-electron chi connectivity index (χ0n) is 14.9. The van der Waals surface area contributed by atoms with Crippen molar-refractivity contribution in [1.29, 1.82) is 0 Å². The first-order valence-corrected chi connectivity index (χ1v) is 8.17. The molecular weight excluding hydrogens is 321 g/mol. The van der Waals surface area contributed by atoms with Gasteiger partial charge >= 0.3 is 0 Å². The number of benzene rings is 1. The fourth-order valence-electron chi connectivity index (χ4n) is 2.71. The molecule has 1 aromatic carbocycles. The lowest BCUT2D eigenvalue weighted by Crippen LogP contribution is -2.39. The second-order valence-corrected chi connectivity index (χ2v) is 5.94. The van der Waals surface area contributed by atoms with Crippen LogP contribution in [-0.2, 0) is 16.6 Å². The zero-order chi connectivity index (χ0) is 18.4. The summed E-state index contributed by atoms with van der Waals surface area (Å²) >= 11 is 0. The number of nitrogens with zero attached hydrogens (tertiary/aromatic N) is 3. The van der Waals surface area contributed by atoms with Crippen molar-refractivity contribution >= 4 is 5.91 Å². The Labute approximate surface area is 147 Å². The summed E-state index contributed by atoms with van der Waals surface area (Å²) < 4.78 is 20.9. The van der Waals surface area contributed by atoms with Crippen molar-refractivity contribution in [3.05, 3.63) is 66.3 Å². The predicted molar refractivity (Wildman–Crippen MR) is 94.4 cm³/mol. The van der Waals surface area contributed by atoms with E-state index in [1.165, 1.54) is 12.1 Å². The molecule has 0 aliphatic rings. The predicted octanol–water partition coefficient (Wildman–Crippen LogP) is 3.09. The van der Waals surface area contributed by atoms with E-state index in [1.807, 2.05) is 6.20 Å². The van der Waals surface area contributed by atoms with Crippen LogP contribution < -0.4 is 0 Å². The maximum atomic E-state index is 13.7. The Hall–Kier alpha value is -2.47. The van der Waals surface area contributed by atoms with Crippen LogP contribution in [0.3, 0.4) is 0 Å². The van der Waals surface area contributed by atoms with Crippen LogP contribution in [0.5, 0.6) is 0 Å². The normalized spacial score (nSPS) is 13.3. The molecule has 0 saturated carbocycles. The van der Waals surface area contributed by atoms with Crippen LogP contribution >= 0.6 is 0 Å². The minimum atomic E-state index is -0.599. The van der Waals surface area contributed by atoms with Crippen LogP contribution in [0.15, 0.2) is 49.3 Å². The number of aryl methyl sites for hydroxylation is 1. The number of halogens is 1. The van der Waals surface area contributed by atoms with Crippen molar-refractivity contribution in [3.63, 3.8) is 0 Å². The van der Waals surface area contributed by atoms with Gasteiger partial charge in [-0.05, 0) is 31.0 Å². The largest absolute Gasteiger partial charge is 0.368 e. The standard InChI is InChI=1S/C19H24FN3O2/c1-5-6-10-25-14(2)19(24)23(4)18(16-12-21-22(3)13-16)15-8-7-9-17(20)11-15/h5,7-9,11-14,18H,1,6,10H2,2-4H3/t14-,18+/m0/s1. The molecule has 1 amide bonds. The lowest BCUT2D eigenvalue weighted by molar-refractivity contribution is -0.142. The summed E-state index contributed by atoms with van der Waals surface area (Å²) in [6.45, 7) is 5.78. The van der Waals surface area contributed by atoms with Gasteiger partial charge in [-0.1, -0.05) is 18.2 Å². The van der Waals surface area contributed by atoms with Gasteiger partial charge in [0.05, 0.1) is 18.8 Å². The van der Waals surface area contributed by atoms with Gasteiger partial charge in [0.2, 0.25) is 0 Å². The molecule has 0 saturated heterocycles. The molecule has 0 bridgehead atoms. The third-order valence-electron chi connectivity index (χ3n) is 3.98. The Kier molecular flexibility index (Phi) is 6.47. The number of ether oxygens (including phenoxy) is 1. The minimum absolute atomic E-state index is 0.179. The fraction of sp³-hybridized carbons (Fsp3) is 0.368. The molecule has 0 aliphatic carbocycles. The van der Waals surface area contributed by atoms with Gasteiger partial charge in [-0.25, -0.2) is 4.39 Å². The van der Waals surface area contributed by atoms with E-state index in [0.29, 0.717) is 18.6 Å². The van der Waals surface area contributed by atoms with E-state index >= 15 is 0 Å². The van der Waals surface area contributed by atoms with Crippen molar-refractivity contribution in [2.75, 3.05) is 13.7 Å². The maximum Gasteiger partial charge on any atom is 0.251 e. The molecule has 134 valence electrons. The van der Waals surface area contributed by atoms with Crippen molar-refractivity contribution < 1.29 is 13.9 Å². The number of aromatic nitrogens is 2. The number of carbonyl (C=O) groups is 1. The van der Waals surface area contributed by atoms with Crippen molar-refractivity contribution in [2.45, 2.75) is 25.5 Å². The fourth-order valence-corrected chi connectivity index (χ4v) is 2.71. The molecule has 2 aromatic rings. The van der Waals surface area contributed by atoms with Gasteiger partial charge in [0.25, 0.3) is 5.91 Å². The lowest BCUT2D eigenvalue weighted by atomic mass is 9.99. The van der Waals surface area contributed by atoms with Crippen LogP contribution in [-0.4, -0.2) is 40.3 Å². The molecule has 5 nitrogen and oxygen atoms in total. The van der Waals surface area contributed by atoms with Crippen LogP contribution in [0.2, 0.25) is 0 Å². The molecule has 1 heterocycles. The molecule has 0 unspecified atom stereocenters. The Morgan fingerprint density at radius 2 is 2.24 bits per heavy atom. The molecule has 0 fully saturated rings. The first-order chi connectivity index (χ1) is 11.9. The average molecular weight is 345 g/mol. The molecule has 0 radical (unpaired) electrons. The van der Waals surface area contributed by atoms with E-state index in [9.17, 15) is 9.18 Å². The highest BCUT2D eigenvalue weighted by Gasteiger charge is 2.28. The van der Waals surface area contributed by atoms with Crippen molar-refractivity contribution in [3.8, 4) is 0 Å².